The fourth-order valence-electron chi connectivity index (χ4n) is 6.28. The molecule has 0 unspecified atom stereocenters. The zero-order valence-electron chi connectivity index (χ0n) is 20.2. The fourth-order valence-corrected chi connectivity index (χ4v) is 6.57. The molecule has 3 aromatic rings. The summed E-state index contributed by atoms with van der Waals surface area (Å²) in [5.74, 6) is -0.394. The maximum Gasteiger partial charge on any atom is 0.231 e. The largest absolute Gasteiger partial charge is 0.391 e. The Morgan fingerprint density at radius 3 is 2.68 bits per heavy atom. The highest BCUT2D eigenvalue weighted by Gasteiger charge is 2.60. The van der Waals surface area contributed by atoms with Crippen molar-refractivity contribution in [3.05, 3.63) is 69.6 Å². The first-order valence-electron chi connectivity index (χ1n) is 12.7. The lowest BCUT2D eigenvalue weighted by atomic mass is 9.71. The number of aliphatic hydroxyl groups is 1. The van der Waals surface area contributed by atoms with Crippen molar-refractivity contribution in [1.82, 2.24) is 14.8 Å². The van der Waals surface area contributed by atoms with Crippen LogP contribution in [0.2, 0.25) is 10.0 Å². The number of nitrogens with zero attached hydrogens (tertiary/aromatic N) is 2. The Bertz CT molecular complexity index is 1390. The van der Waals surface area contributed by atoms with Gasteiger partial charge in [0.1, 0.15) is 5.82 Å². The van der Waals surface area contributed by atoms with E-state index in [1.807, 2.05) is 18.3 Å². The van der Waals surface area contributed by atoms with Gasteiger partial charge in [-0.25, -0.2) is 4.39 Å². The Hall–Kier alpha value is -2.61. The van der Waals surface area contributed by atoms with Crippen molar-refractivity contribution in [2.45, 2.75) is 50.8 Å². The van der Waals surface area contributed by atoms with Crippen LogP contribution in [0, 0.1) is 17.2 Å². The van der Waals surface area contributed by atoms with Crippen LogP contribution < -0.4 is 0 Å². The van der Waals surface area contributed by atoms with Crippen molar-refractivity contribution in [3.8, 4) is 0 Å². The summed E-state index contributed by atoms with van der Waals surface area (Å²) in [6, 6.07) is 9.54. The van der Waals surface area contributed by atoms with E-state index in [1.54, 1.807) is 21.9 Å². The van der Waals surface area contributed by atoms with Gasteiger partial charge in [0.2, 0.25) is 11.8 Å². The third-order valence-corrected chi connectivity index (χ3v) is 8.70. The van der Waals surface area contributed by atoms with Crippen molar-refractivity contribution in [2.24, 2.45) is 11.3 Å². The molecular formula is C28H28Cl2FN3O3. The Kier molecular flexibility index (Phi) is 6.21. The minimum atomic E-state index is -0.984. The van der Waals surface area contributed by atoms with Crippen LogP contribution in [0.25, 0.3) is 10.9 Å². The Morgan fingerprint density at radius 1 is 1.16 bits per heavy atom. The van der Waals surface area contributed by atoms with E-state index in [9.17, 15) is 19.1 Å². The van der Waals surface area contributed by atoms with E-state index in [4.69, 9.17) is 23.2 Å². The van der Waals surface area contributed by atoms with E-state index < -0.39 is 23.4 Å². The molecule has 3 fully saturated rings. The molecule has 2 amide bonds. The van der Waals surface area contributed by atoms with Crippen LogP contribution in [0.15, 0.2) is 42.6 Å². The van der Waals surface area contributed by atoms with Crippen LogP contribution in [0.3, 0.4) is 0 Å². The second-order valence-electron chi connectivity index (χ2n) is 10.8. The van der Waals surface area contributed by atoms with Crippen molar-refractivity contribution in [3.63, 3.8) is 0 Å². The third kappa shape index (κ3) is 4.41. The zero-order chi connectivity index (χ0) is 25.9. The molecule has 3 atom stereocenters. The van der Waals surface area contributed by atoms with Crippen LogP contribution in [0.5, 0.6) is 0 Å². The molecule has 0 radical (unpaired) electrons. The van der Waals surface area contributed by atoms with Gasteiger partial charge in [0.05, 0.1) is 22.6 Å². The summed E-state index contributed by atoms with van der Waals surface area (Å²) < 4.78 is 14.3. The predicted molar refractivity (Wildman–Crippen MR) is 140 cm³/mol. The number of carbonyl (C=O) groups is 2. The summed E-state index contributed by atoms with van der Waals surface area (Å²) in [6.45, 7) is 0.900. The molecule has 1 aliphatic carbocycles. The molecule has 9 heteroatoms. The second kappa shape index (κ2) is 9.29. The average Bonchev–Trinajstić information content (AvgIpc) is 3.30. The molecule has 0 bridgehead atoms. The van der Waals surface area contributed by atoms with E-state index in [1.165, 1.54) is 12.1 Å². The molecule has 1 aromatic heterocycles. The number of amides is 2. The van der Waals surface area contributed by atoms with E-state index in [0.29, 0.717) is 35.9 Å². The van der Waals surface area contributed by atoms with Gasteiger partial charge in [0.15, 0.2) is 0 Å². The monoisotopic (exact) mass is 543 g/mol. The minimum Gasteiger partial charge on any atom is -0.391 e. The van der Waals surface area contributed by atoms with Crippen molar-refractivity contribution < 1.29 is 19.1 Å². The summed E-state index contributed by atoms with van der Waals surface area (Å²) in [5.41, 5.74) is 1.29. The average molecular weight is 544 g/mol. The Balaban J connectivity index is 1.49. The smallest absolute Gasteiger partial charge is 0.231 e. The van der Waals surface area contributed by atoms with Gasteiger partial charge in [0, 0.05) is 53.7 Å². The zero-order valence-corrected chi connectivity index (χ0v) is 21.7. The van der Waals surface area contributed by atoms with Crippen LogP contribution >= 0.6 is 23.2 Å². The highest BCUT2D eigenvalue weighted by molar-refractivity contribution is 6.31. The lowest BCUT2D eigenvalue weighted by Crippen LogP contribution is -2.47. The molecule has 3 heterocycles. The van der Waals surface area contributed by atoms with Crippen LogP contribution in [0.4, 0.5) is 4.39 Å². The normalized spacial score (nSPS) is 26.0. The second-order valence-corrected chi connectivity index (χ2v) is 11.6. The van der Waals surface area contributed by atoms with Gasteiger partial charge in [-0.05, 0) is 48.6 Å². The lowest BCUT2D eigenvalue weighted by molar-refractivity contribution is -0.144. The van der Waals surface area contributed by atoms with Gasteiger partial charge in [-0.3, -0.25) is 9.59 Å². The molecule has 194 valence electrons. The third-order valence-electron chi connectivity index (χ3n) is 8.16. The number of hydrogen-bond acceptors (Lipinski definition) is 3. The number of hydrogen-bond donors (Lipinski definition) is 2. The molecule has 6 nitrogen and oxygen atoms in total. The van der Waals surface area contributed by atoms with Gasteiger partial charge in [-0.1, -0.05) is 48.2 Å². The molecule has 2 N–H and O–H groups in total. The van der Waals surface area contributed by atoms with Gasteiger partial charge >= 0.3 is 0 Å². The number of H-pyrrole nitrogens is 1. The van der Waals surface area contributed by atoms with Crippen LogP contribution in [0.1, 0.15) is 49.3 Å². The highest BCUT2D eigenvalue weighted by Crippen LogP contribution is 2.57. The number of halogens is 3. The number of fused-ring (bicyclic) bond motifs is 1. The van der Waals surface area contributed by atoms with Gasteiger partial charge in [-0.15, -0.1) is 0 Å². The fraction of sp³-hybridized carbons (Fsp3) is 0.429. The maximum atomic E-state index is 14.3. The van der Waals surface area contributed by atoms with E-state index in [-0.39, 0.29) is 36.3 Å². The first-order chi connectivity index (χ1) is 17.7. The van der Waals surface area contributed by atoms with Crippen LogP contribution in [-0.4, -0.2) is 50.9 Å². The first kappa shape index (κ1) is 24.7. The predicted octanol–water partition coefficient (Wildman–Crippen LogP) is 5.47. The number of aromatic amines is 1. The number of aliphatic hydroxyl groups excluding tert-OH is 1. The number of rotatable bonds is 6. The SMILES string of the molecule is O=C1C[C@@](CC2CC2)(C(=O)N2CC[C@H](O)C2)[C@H](c2c[nH]c3cc(Cl)ccc23)N1Cc1ccc(Cl)c(F)c1. The molecule has 6 rings (SSSR count). The molecule has 37 heavy (non-hydrogen) atoms. The molecule has 2 saturated heterocycles. The van der Waals surface area contributed by atoms with Gasteiger partial charge in [-0.2, -0.15) is 0 Å². The summed E-state index contributed by atoms with van der Waals surface area (Å²) in [5, 5.41) is 11.7. The molecule has 0 spiro atoms. The highest BCUT2D eigenvalue weighted by atomic mass is 35.5. The van der Waals surface area contributed by atoms with Crippen molar-refractivity contribution in [1.29, 1.82) is 0 Å². The number of benzene rings is 2. The molecule has 2 aromatic carbocycles. The summed E-state index contributed by atoms with van der Waals surface area (Å²) >= 11 is 12.2. The molecule has 3 aliphatic rings. The molecule has 2 aliphatic heterocycles. The van der Waals surface area contributed by atoms with Gasteiger partial charge < -0.3 is 19.9 Å². The van der Waals surface area contributed by atoms with Crippen LogP contribution in [-0.2, 0) is 16.1 Å². The van der Waals surface area contributed by atoms with Crippen molar-refractivity contribution >= 4 is 45.9 Å². The maximum absolute atomic E-state index is 14.3. The quantitative estimate of drug-likeness (QED) is 0.433. The standard InChI is InChI=1S/C28H28Cl2FN3O3/c29-18-4-5-20-21(13-32-24(20)10-18)26-28(11-16-1-2-16,27(37)33-8-7-19(35)15-33)12-25(36)34(26)14-17-3-6-22(30)23(31)9-17/h3-6,9-10,13,16,19,26,32,35H,1-2,7-8,11-12,14-15H2/t19-,26-,28+/m0/s1. The number of nitrogens with one attached hydrogen (secondary N) is 1. The Labute approximate surface area is 224 Å². The van der Waals surface area contributed by atoms with E-state index in [0.717, 1.165) is 29.3 Å². The number of carbonyl (C=O) groups excluding carboxylic acids is 2. The van der Waals surface area contributed by atoms with Gasteiger partial charge in [0.25, 0.3) is 0 Å². The van der Waals surface area contributed by atoms with E-state index >= 15 is 0 Å². The number of likely N-dealkylation sites (tertiary alicyclic amines) is 2. The lowest BCUT2D eigenvalue weighted by Gasteiger charge is -2.39. The number of β-amino-alcohol motifs (C(OH)–C–C–N with tert-alkyl or cyclic N) is 1. The minimum absolute atomic E-state index is 0.0207. The Morgan fingerprint density at radius 2 is 1.97 bits per heavy atom. The molecular weight excluding hydrogens is 516 g/mol. The molecule has 1 saturated carbocycles. The first-order valence-corrected chi connectivity index (χ1v) is 13.5. The topological polar surface area (TPSA) is 76.6 Å². The number of aromatic nitrogens is 1. The summed E-state index contributed by atoms with van der Waals surface area (Å²) in [6.07, 6.45) is 4.59. The summed E-state index contributed by atoms with van der Waals surface area (Å²) in [4.78, 5) is 34.9. The van der Waals surface area contributed by atoms with Crippen molar-refractivity contribution in [2.75, 3.05) is 13.1 Å². The summed E-state index contributed by atoms with van der Waals surface area (Å²) in [7, 11) is 0. The van der Waals surface area contributed by atoms with E-state index in [2.05, 4.69) is 4.98 Å².